The number of ether oxygens (including phenoxy) is 1. The molecule has 0 aliphatic carbocycles. The Bertz CT molecular complexity index is 692. The number of aromatic nitrogens is 1. The molecule has 1 aromatic heterocycles. The summed E-state index contributed by atoms with van der Waals surface area (Å²) in [5, 5.41) is 5.37. The van der Waals surface area contributed by atoms with Crippen molar-refractivity contribution in [1.82, 2.24) is 10.2 Å². The molecule has 0 aliphatic heterocycles. The van der Waals surface area contributed by atoms with Gasteiger partial charge in [-0.15, -0.1) is 0 Å². The molecule has 0 aliphatic rings. The van der Waals surface area contributed by atoms with Crippen molar-refractivity contribution in [2.75, 3.05) is 13.2 Å². The van der Waals surface area contributed by atoms with Crippen LogP contribution in [-0.4, -0.2) is 35.4 Å². The Hall–Kier alpha value is -2.34. The second-order valence-electron chi connectivity index (χ2n) is 7.42. The molecule has 6 heteroatoms. The van der Waals surface area contributed by atoms with Crippen LogP contribution < -0.4 is 4.74 Å². The molecule has 0 fully saturated rings. The van der Waals surface area contributed by atoms with E-state index < -0.39 is 5.60 Å². The number of amides is 1. The molecule has 0 bridgehead atoms. The fourth-order valence-corrected chi connectivity index (χ4v) is 2.70. The van der Waals surface area contributed by atoms with Gasteiger partial charge < -0.3 is 9.26 Å². The minimum atomic E-state index is -0.444. The first kappa shape index (κ1) is 21.0. The highest BCUT2D eigenvalue weighted by molar-refractivity contribution is 5.63. The molecule has 2 rings (SSSR count). The maximum atomic E-state index is 11.2. The lowest BCUT2D eigenvalue weighted by Gasteiger charge is -2.26. The molecule has 0 atom stereocenters. The normalized spacial score (nSPS) is 11.4. The van der Waals surface area contributed by atoms with E-state index in [1.165, 1.54) is 5.06 Å². The SMILES string of the molecule is CCCCCc1c(OCCN(C=O)OC(C)(C)C)noc1-c1ccccc1. The van der Waals surface area contributed by atoms with Gasteiger partial charge in [-0.2, -0.15) is 0 Å². The number of rotatable bonds is 11. The third kappa shape index (κ3) is 6.71. The summed E-state index contributed by atoms with van der Waals surface area (Å²) in [4.78, 5) is 16.7. The van der Waals surface area contributed by atoms with Crippen LogP contribution in [0.5, 0.6) is 5.88 Å². The lowest BCUT2D eigenvalue weighted by molar-refractivity contribution is -0.217. The van der Waals surface area contributed by atoms with E-state index in [1.54, 1.807) is 0 Å². The van der Waals surface area contributed by atoms with E-state index in [4.69, 9.17) is 14.1 Å². The average molecular weight is 374 g/mol. The van der Waals surface area contributed by atoms with Crippen LogP contribution in [0.25, 0.3) is 11.3 Å². The largest absolute Gasteiger partial charge is 0.473 e. The van der Waals surface area contributed by atoms with Crippen molar-refractivity contribution in [2.45, 2.75) is 59.0 Å². The van der Waals surface area contributed by atoms with E-state index in [9.17, 15) is 4.79 Å². The molecular formula is C21H30N2O4. The molecule has 27 heavy (non-hydrogen) atoms. The van der Waals surface area contributed by atoms with Gasteiger partial charge in [0, 0.05) is 5.56 Å². The Morgan fingerprint density at radius 3 is 2.56 bits per heavy atom. The lowest BCUT2D eigenvalue weighted by Crippen LogP contribution is -2.35. The number of carbonyl (C=O) groups is 1. The van der Waals surface area contributed by atoms with Gasteiger partial charge in [0.2, 0.25) is 6.41 Å². The molecule has 0 radical (unpaired) electrons. The minimum absolute atomic E-state index is 0.274. The summed E-state index contributed by atoms with van der Waals surface area (Å²) >= 11 is 0. The fraction of sp³-hybridized carbons (Fsp3) is 0.524. The third-order valence-corrected chi connectivity index (χ3v) is 3.88. The van der Waals surface area contributed by atoms with Gasteiger partial charge in [0.05, 0.1) is 17.7 Å². The number of hydroxylamine groups is 2. The van der Waals surface area contributed by atoms with Gasteiger partial charge >= 0.3 is 0 Å². The molecule has 0 spiro atoms. The summed E-state index contributed by atoms with van der Waals surface area (Å²) < 4.78 is 11.4. The molecule has 0 saturated carbocycles. The topological polar surface area (TPSA) is 64.8 Å². The van der Waals surface area contributed by atoms with Crippen LogP contribution in [-0.2, 0) is 16.1 Å². The van der Waals surface area contributed by atoms with Crippen LogP contribution in [0.1, 0.15) is 52.5 Å². The maximum absolute atomic E-state index is 11.2. The zero-order valence-corrected chi connectivity index (χ0v) is 16.7. The minimum Gasteiger partial charge on any atom is -0.473 e. The smallest absolute Gasteiger partial charge is 0.258 e. The summed E-state index contributed by atoms with van der Waals surface area (Å²) in [7, 11) is 0. The second-order valence-corrected chi connectivity index (χ2v) is 7.42. The van der Waals surface area contributed by atoms with E-state index in [-0.39, 0.29) is 6.61 Å². The molecule has 1 amide bonds. The first-order chi connectivity index (χ1) is 12.9. The van der Waals surface area contributed by atoms with Crippen LogP contribution in [0.15, 0.2) is 34.9 Å². The van der Waals surface area contributed by atoms with Crippen molar-refractivity contribution in [3.05, 3.63) is 35.9 Å². The van der Waals surface area contributed by atoms with Crippen LogP contribution in [0, 0.1) is 0 Å². The molecule has 1 heterocycles. The third-order valence-electron chi connectivity index (χ3n) is 3.88. The van der Waals surface area contributed by atoms with Gasteiger partial charge in [0.1, 0.15) is 6.61 Å². The summed E-state index contributed by atoms with van der Waals surface area (Å²) in [6.45, 7) is 8.42. The van der Waals surface area contributed by atoms with Gasteiger partial charge in [-0.3, -0.25) is 9.63 Å². The first-order valence-corrected chi connectivity index (χ1v) is 9.52. The average Bonchev–Trinajstić information content (AvgIpc) is 3.03. The zero-order valence-electron chi connectivity index (χ0n) is 16.7. The Kier molecular flexibility index (Phi) is 7.85. The van der Waals surface area contributed by atoms with E-state index in [0.29, 0.717) is 18.8 Å². The summed E-state index contributed by atoms with van der Waals surface area (Å²) in [5.74, 6) is 1.24. The van der Waals surface area contributed by atoms with Crippen LogP contribution >= 0.6 is 0 Å². The highest BCUT2D eigenvalue weighted by Gasteiger charge is 2.20. The summed E-state index contributed by atoms with van der Waals surface area (Å²) in [6, 6.07) is 9.91. The van der Waals surface area contributed by atoms with Crippen molar-refractivity contribution >= 4 is 6.41 Å². The maximum Gasteiger partial charge on any atom is 0.258 e. The molecule has 0 saturated heterocycles. The molecule has 148 valence electrons. The second kappa shape index (κ2) is 10.1. The summed E-state index contributed by atoms with van der Waals surface area (Å²) in [6.07, 6.45) is 4.82. The lowest BCUT2D eigenvalue weighted by atomic mass is 10.0. The highest BCUT2D eigenvalue weighted by Crippen LogP contribution is 2.32. The van der Waals surface area contributed by atoms with Gasteiger partial charge in [-0.25, -0.2) is 5.06 Å². The first-order valence-electron chi connectivity index (χ1n) is 9.52. The predicted molar refractivity (Wildman–Crippen MR) is 104 cm³/mol. The van der Waals surface area contributed by atoms with Crippen LogP contribution in [0.2, 0.25) is 0 Å². The van der Waals surface area contributed by atoms with Crippen molar-refractivity contribution in [3.8, 4) is 17.2 Å². The predicted octanol–water partition coefficient (Wildman–Crippen LogP) is 4.64. The van der Waals surface area contributed by atoms with Crippen molar-refractivity contribution < 1.29 is 18.9 Å². The van der Waals surface area contributed by atoms with E-state index >= 15 is 0 Å². The Balaban J connectivity index is 2.07. The van der Waals surface area contributed by atoms with Crippen LogP contribution in [0.3, 0.4) is 0 Å². The van der Waals surface area contributed by atoms with Gasteiger partial charge in [-0.1, -0.05) is 50.1 Å². The molecule has 6 nitrogen and oxygen atoms in total. The Morgan fingerprint density at radius 1 is 1.19 bits per heavy atom. The zero-order chi connectivity index (χ0) is 19.7. The molecule has 1 aromatic carbocycles. The summed E-state index contributed by atoms with van der Waals surface area (Å²) in [5.41, 5.74) is 1.52. The number of carbonyl (C=O) groups excluding carboxylic acids is 1. The van der Waals surface area contributed by atoms with Gasteiger partial charge in [0.15, 0.2) is 5.76 Å². The van der Waals surface area contributed by atoms with E-state index in [0.717, 1.165) is 42.6 Å². The molecule has 0 N–H and O–H groups in total. The number of hydrogen-bond donors (Lipinski definition) is 0. The number of benzene rings is 1. The van der Waals surface area contributed by atoms with Crippen molar-refractivity contribution in [1.29, 1.82) is 0 Å². The number of hydrogen-bond acceptors (Lipinski definition) is 5. The van der Waals surface area contributed by atoms with Gasteiger partial charge in [0.25, 0.3) is 5.88 Å². The molecule has 2 aromatic rings. The van der Waals surface area contributed by atoms with E-state index in [2.05, 4.69) is 12.1 Å². The Morgan fingerprint density at radius 2 is 1.93 bits per heavy atom. The standard InChI is InChI=1S/C21H30N2O4/c1-5-6-8-13-18-19(17-11-9-7-10-12-17)26-22-20(18)25-15-14-23(16-24)27-21(2,3)4/h7,9-12,16H,5-6,8,13-15H2,1-4H3. The molecule has 0 unspecified atom stereocenters. The highest BCUT2D eigenvalue weighted by atomic mass is 16.7. The molecular weight excluding hydrogens is 344 g/mol. The van der Waals surface area contributed by atoms with Crippen LogP contribution in [0.4, 0.5) is 0 Å². The number of unbranched alkanes of at least 4 members (excludes halogenated alkanes) is 2. The van der Waals surface area contributed by atoms with E-state index in [1.807, 2.05) is 51.1 Å². The van der Waals surface area contributed by atoms with Crippen molar-refractivity contribution in [3.63, 3.8) is 0 Å². The monoisotopic (exact) mass is 374 g/mol. The number of nitrogens with zero attached hydrogens (tertiary/aromatic N) is 2. The van der Waals surface area contributed by atoms with Crippen molar-refractivity contribution in [2.24, 2.45) is 0 Å². The van der Waals surface area contributed by atoms with Gasteiger partial charge in [-0.05, 0) is 38.8 Å². The Labute approximate surface area is 161 Å². The quantitative estimate of drug-likeness (QED) is 0.326. The fourth-order valence-electron chi connectivity index (χ4n) is 2.70.